The van der Waals surface area contributed by atoms with Crippen molar-refractivity contribution in [1.82, 2.24) is 20.2 Å². The molecule has 2 aromatic carbocycles. The molecule has 1 amide bonds. The van der Waals surface area contributed by atoms with E-state index in [1.165, 1.54) is 11.0 Å². The minimum absolute atomic E-state index is 0.0360. The van der Waals surface area contributed by atoms with Gasteiger partial charge in [-0.1, -0.05) is 32.9 Å². The largest absolute Gasteiger partial charge is 0.495 e. The number of ether oxygens (including phenoxy) is 1. The number of nitrogens with one attached hydrogen (secondary N) is 1. The van der Waals surface area contributed by atoms with Gasteiger partial charge in [-0.2, -0.15) is 0 Å². The number of benzene rings is 2. The summed E-state index contributed by atoms with van der Waals surface area (Å²) in [6.45, 7) is 6.36. The van der Waals surface area contributed by atoms with Crippen LogP contribution in [0.1, 0.15) is 36.7 Å². The number of aromatic nitrogens is 4. The van der Waals surface area contributed by atoms with Gasteiger partial charge in [0.05, 0.1) is 18.5 Å². The van der Waals surface area contributed by atoms with E-state index >= 15 is 0 Å². The first-order chi connectivity index (χ1) is 12.4. The summed E-state index contributed by atoms with van der Waals surface area (Å²) >= 11 is 0. The molecule has 0 fully saturated rings. The summed E-state index contributed by atoms with van der Waals surface area (Å²) in [5, 5.41) is 14.0. The summed E-state index contributed by atoms with van der Waals surface area (Å²) in [4.78, 5) is 12.7. The number of anilines is 1. The molecule has 0 bridgehead atoms. The third-order valence-corrected chi connectivity index (χ3v) is 4.04. The molecule has 0 saturated heterocycles. The second-order valence-corrected chi connectivity index (χ2v) is 6.92. The van der Waals surface area contributed by atoms with Gasteiger partial charge in [0, 0.05) is 5.56 Å². The topological polar surface area (TPSA) is 81.9 Å². The predicted octanol–water partition coefficient (Wildman–Crippen LogP) is 3.22. The lowest BCUT2D eigenvalue weighted by Gasteiger charge is -2.21. The Kier molecular flexibility index (Phi) is 4.71. The van der Waals surface area contributed by atoms with Gasteiger partial charge in [-0.25, -0.2) is 4.68 Å². The number of tetrazole rings is 1. The van der Waals surface area contributed by atoms with Crippen LogP contribution in [-0.4, -0.2) is 33.2 Å². The van der Waals surface area contributed by atoms with Crippen LogP contribution in [0.2, 0.25) is 0 Å². The number of carbonyl (C=O) groups excluding carboxylic acids is 1. The van der Waals surface area contributed by atoms with Gasteiger partial charge in [-0.15, -0.1) is 5.10 Å². The van der Waals surface area contributed by atoms with Crippen LogP contribution in [0, 0.1) is 0 Å². The zero-order valence-electron chi connectivity index (χ0n) is 15.2. The Morgan fingerprint density at radius 3 is 2.62 bits per heavy atom. The third kappa shape index (κ3) is 3.72. The first-order valence-corrected chi connectivity index (χ1v) is 8.22. The van der Waals surface area contributed by atoms with E-state index in [1.54, 1.807) is 25.3 Å². The van der Waals surface area contributed by atoms with Crippen LogP contribution in [0.5, 0.6) is 5.75 Å². The molecule has 0 aliphatic rings. The van der Waals surface area contributed by atoms with Crippen molar-refractivity contribution in [2.75, 3.05) is 12.4 Å². The van der Waals surface area contributed by atoms with Crippen molar-refractivity contribution >= 4 is 11.6 Å². The maximum absolute atomic E-state index is 12.7. The molecule has 1 aromatic heterocycles. The lowest BCUT2D eigenvalue weighted by atomic mass is 9.87. The fourth-order valence-corrected chi connectivity index (χ4v) is 2.54. The molecule has 1 N–H and O–H groups in total. The van der Waals surface area contributed by atoms with Crippen molar-refractivity contribution in [2.45, 2.75) is 26.2 Å². The smallest absolute Gasteiger partial charge is 0.255 e. The fraction of sp³-hybridized carbons (Fsp3) is 0.263. The van der Waals surface area contributed by atoms with Gasteiger partial charge in [0.1, 0.15) is 12.1 Å². The molecular formula is C19H21N5O2. The summed E-state index contributed by atoms with van der Waals surface area (Å²) in [7, 11) is 1.58. The molecule has 7 heteroatoms. The average Bonchev–Trinajstić information content (AvgIpc) is 3.15. The highest BCUT2D eigenvalue weighted by Gasteiger charge is 2.17. The highest BCUT2D eigenvalue weighted by Crippen LogP contribution is 2.31. The van der Waals surface area contributed by atoms with Gasteiger partial charge >= 0.3 is 0 Å². The molecular weight excluding hydrogens is 330 g/mol. The van der Waals surface area contributed by atoms with Gasteiger partial charge in [0.15, 0.2) is 0 Å². The molecule has 0 aliphatic carbocycles. The first-order valence-electron chi connectivity index (χ1n) is 8.22. The van der Waals surface area contributed by atoms with Crippen molar-refractivity contribution in [3.63, 3.8) is 0 Å². The molecule has 0 atom stereocenters. The van der Waals surface area contributed by atoms with Crippen molar-refractivity contribution in [1.29, 1.82) is 0 Å². The second kappa shape index (κ2) is 6.95. The molecule has 26 heavy (non-hydrogen) atoms. The van der Waals surface area contributed by atoms with Crippen molar-refractivity contribution in [3.05, 3.63) is 59.9 Å². The molecule has 3 rings (SSSR count). The number of carbonyl (C=O) groups is 1. The minimum Gasteiger partial charge on any atom is -0.495 e. The van der Waals surface area contributed by atoms with E-state index in [9.17, 15) is 4.79 Å². The lowest BCUT2D eigenvalue weighted by Crippen LogP contribution is -2.16. The molecule has 0 spiro atoms. The number of methoxy groups -OCH3 is 1. The Labute approximate surface area is 152 Å². The van der Waals surface area contributed by atoms with Crippen LogP contribution in [0.15, 0.2) is 48.8 Å². The Morgan fingerprint density at radius 2 is 1.96 bits per heavy atom. The molecule has 1 heterocycles. The van der Waals surface area contributed by atoms with Crippen molar-refractivity contribution in [3.8, 4) is 11.4 Å². The molecule has 0 radical (unpaired) electrons. The zero-order valence-corrected chi connectivity index (χ0v) is 15.2. The summed E-state index contributed by atoms with van der Waals surface area (Å²) < 4.78 is 6.88. The Balaban J connectivity index is 1.89. The van der Waals surface area contributed by atoms with Crippen LogP contribution in [-0.2, 0) is 5.41 Å². The van der Waals surface area contributed by atoms with Crippen LogP contribution in [0.25, 0.3) is 5.69 Å². The quantitative estimate of drug-likeness (QED) is 0.780. The Morgan fingerprint density at radius 1 is 1.15 bits per heavy atom. The highest BCUT2D eigenvalue weighted by molar-refractivity contribution is 6.05. The van der Waals surface area contributed by atoms with Crippen LogP contribution < -0.4 is 10.1 Å². The molecule has 3 aromatic rings. The maximum atomic E-state index is 12.7. The molecule has 134 valence electrons. The fourth-order valence-electron chi connectivity index (χ4n) is 2.54. The van der Waals surface area contributed by atoms with Crippen LogP contribution in [0.4, 0.5) is 5.69 Å². The summed E-state index contributed by atoms with van der Waals surface area (Å²) in [5.41, 5.74) is 2.92. The average molecular weight is 351 g/mol. The molecule has 0 saturated carbocycles. The third-order valence-electron chi connectivity index (χ3n) is 4.04. The van der Waals surface area contributed by atoms with E-state index in [1.807, 2.05) is 24.3 Å². The predicted molar refractivity (Wildman–Crippen MR) is 98.8 cm³/mol. The number of rotatable bonds is 4. The van der Waals surface area contributed by atoms with E-state index in [0.717, 1.165) is 5.56 Å². The Bertz CT molecular complexity index is 914. The summed E-state index contributed by atoms with van der Waals surface area (Å²) in [6, 6.07) is 12.9. The summed E-state index contributed by atoms with van der Waals surface area (Å²) in [6.07, 6.45) is 1.48. The van der Waals surface area contributed by atoms with Crippen molar-refractivity contribution < 1.29 is 9.53 Å². The maximum Gasteiger partial charge on any atom is 0.255 e. The van der Waals surface area contributed by atoms with Gasteiger partial charge in [0.2, 0.25) is 0 Å². The van der Waals surface area contributed by atoms with E-state index in [2.05, 4.69) is 41.6 Å². The van der Waals surface area contributed by atoms with Crippen LogP contribution >= 0.6 is 0 Å². The molecule has 0 aliphatic heterocycles. The highest BCUT2D eigenvalue weighted by atomic mass is 16.5. The Hall–Kier alpha value is -3.22. The van der Waals surface area contributed by atoms with Gasteiger partial charge < -0.3 is 10.1 Å². The number of amides is 1. The minimum atomic E-state index is -0.232. The standard InChI is InChI=1S/C19H21N5O2/c1-19(2,3)14-8-9-17(26-4)16(11-14)21-18(25)13-6-5-7-15(10-13)24-12-20-22-23-24/h5-12H,1-4H3,(H,21,25). The lowest BCUT2D eigenvalue weighted by molar-refractivity contribution is 0.102. The number of hydrogen-bond donors (Lipinski definition) is 1. The van der Waals surface area contributed by atoms with E-state index in [0.29, 0.717) is 22.7 Å². The summed E-state index contributed by atoms with van der Waals surface area (Å²) in [5.74, 6) is 0.382. The van der Waals surface area contributed by atoms with Crippen molar-refractivity contribution in [2.24, 2.45) is 0 Å². The first kappa shape index (κ1) is 17.6. The zero-order chi connectivity index (χ0) is 18.7. The number of hydrogen-bond acceptors (Lipinski definition) is 5. The molecule has 0 unspecified atom stereocenters. The van der Waals surface area contributed by atoms with E-state index in [4.69, 9.17) is 4.74 Å². The van der Waals surface area contributed by atoms with Gasteiger partial charge in [-0.05, 0) is 51.7 Å². The van der Waals surface area contributed by atoms with E-state index < -0.39 is 0 Å². The second-order valence-electron chi connectivity index (χ2n) is 6.92. The number of nitrogens with zero attached hydrogens (tertiary/aromatic N) is 4. The van der Waals surface area contributed by atoms with Gasteiger partial charge in [0.25, 0.3) is 5.91 Å². The normalized spacial score (nSPS) is 11.2. The van der Waals surface area contributed by atoms with E-state index in [-0.39, 0.29) is 11.3 Å². The monoisotopic (exact) mass is 351 g/mol. The molecule has 7 nitrogen and oxygen atoms in total. The SMILES string of the molecule is COc1ccc(C(C)(C)C)cc1NC(=O)c1cccc(-n2cnnn2)c1. The van der Waals surface area contributed by atoms with Crippen LogP contribution in [0.3, 0.4) is 0 Å². The van der Waals surface area contributed by atoms with Gasteiger partial charge in [-0.3, -0.25) is 4.79 Å².